The molecule has 0 fully saturated rings. The lowest BCUT2D eigenvalue weighted by molar-refractivity contribution is 0.113. The van der Waals surface area contributed by atoms with Gasteiger partial charge in [-0.15, -0.1) is 0 Å². The normalized spacial score (nSPS) is 14.0. The van der Waals surface area contributed by atoms with Crippen LogP contribution >= 0.6 is 0 Å². The van der Waals surface area contributed by atoms with E-state index in [-0.39, 0.29) is 12.0 Å². The zero-order valence-corrected chi connectivity index (χ0v) is 12.5. The first kappa shape index (κ1) is 16.9. The molecule has 0 amide bonds. The molecular weight excluding hydrogens is 238 g/mol. The van der Waals surface area contributed by atoms with Crippen LogP contribution in [0.15, 0.2) is 0 Å². The predicted molar refractivity (Wildman–Crippen MR) is 71.9 cm³/mol. The Kier molecular flexibility index (Phi) is 6.11. The molecule has 0 rings (SSSR count). The zero-order valence-electron chi connectivity index (χ0n) is 11.7. The second-order valence-electron chi connectivity index (χ2n) is 5.50. The lowest BCUT2D eigenvalue weighted by Gasteiger charge is -2.32. The van der Waals surface area contributed by atoms with Gasteiger partial charge in [0.1, 0.15) is 0 Å². The minimum atomic E-state index is -3.07. The van der Waals surface area contributed by atoms with Crippen LogP contribution in [0.2, 0.25) is 0 Å². The van der Waals surface area contributed by atoms with Crippen molar-refractivity contribution < 1.29 is 13.5 Å². The summed E-state index contributed by atoms with van der Waals surface area (Å²) in [5.41, 5.74) is -0.131. The highest BCUT2D eigenvalue weighted by molar-refractivity contribution is 7.92. The third-order valence-corrected chi connectivity index (χ3v) is 6.04. The molecule has 0 bridgehead atoms. The van der Waals surface area contributed by atoms with Crippen LogP contribution in [-0.4, -0.2) is 44.2 Å². The van der Waals surface area contributed by atoms with Crippen molar-refractivity contribution in [1.29, 1.82) is 0 Å². The fourth-order valence-corrected chi connectivity index (χ4v) is 1.90. The highest BCUT2D eigenvalue weighted by atomic mass is 32.2. The number of hydrogen-bond acceptors (Lipinski definition) is 4. The fraction of sp³-hybridized carbons (Fsp3) is 1.00. The summed E-state index contributed by atoms with van der Waals surface area (Å²) in [6, 6.07) is 0. The van der Waals surface area contributed by atoms with Crippen LogP contribution in [0.1, 0.15) is 40.5 Å². The van der Waals surface area contributed by atoms with E-state index in [1.807, 2.05) is 13.8 Å². The van der Waals surface area contributed by atoms with Gasteiger partial charge in [0.05, 0.1) is 4.75 Å². The Morgan fingerprint density at radius 1 is 1.12 bits per heavy atom. The second-order valence-corrected chi connectivity index (χ2v) is 8.15. The van der Waals surface area contributed by atoms with E-state index in [0.717, 1.165) is 12.8 Å². The summed E-state index contributed by atoms with van der Waals surface area (Å²) in [4.78, 5) is 0. The van der Waals surface area contributed by atoms with Gasteiger partial charge in [-0.2, -0.15) is 0 Å². The average Bonchev–Trinajstić information content (AvgIpc) is 2.23. The third kappa shape index (κ3) is 4.56. The van der Waals surface area contributed by atoms with E-state index in [1.165, 1.54) is 6.26 Å². The van der Waals surface area contributed by atoms with Gasteiger partial charge in [-0.1, -0.05) is 13.8 Å². The molecule has 0 aliphatic carbocycles. The molecule has 0 atom stereocenters. The number of hydrogen-bond donors (Lipinski definition) is 2. The molecule has 0 saturated carbocycles. The van der Waals surface area contributed by atoms with Crippen molar-refractivity contribution in [3.8, 4) is 0 Å². The molecule has 4 nitrogen and oxygen atoms in total. The van der Waals surface area contributed by atoms with Crippen molar-refractivity contribution in [3.63, 3.8) is 0 Å². The maximum atomic E-state index is 11.5. The molecule has 0 heterocycles. The van der Waals surface area contributed by atoms with Crippen LogP contribution < -0.4 is 5.32 Å². The van der Waals surface area contributed by atoms with E-state index in [1.54, 1.807) is 13.8 Å². The standard InChI is InChI=1S/C12H27NO3S/c1-6-12(7-2,10-14)9-13-8-11(3,4)17(5,15)16/h13-14H,6-10H2,1-5H3. The monoisotopic (exact) mass is 265 g/mol. The molecule has 0 aromatic rings. The quantitative estimate of drug-likeness (QED) is 0.692. The molecule has 2 N–H and O–H groups in total. The molecule has 0 aliphatic heterocycles. The molecule has 0 aromatic heterocycles. The minimum absolute atomic E-state index is 0.131. The average molecular weight is 265 g/mol. The summed E-state index contributed by atoms with van der Waals surface area (Å²) in [7, 11) is -3.07. The smallest absolute Gasteiger partial charge is 0.153 e. The van der Waals surface area contributed by atoms with Crippen LogP contribution in [0.5, 0.6) is 0 Å². The molecule has 0 aliphatic rings. The van der Waals surface area contributed by atoms with Crippen LogP contribution in [0.4, 0.5) is 0 Å². The summed E-state index contributed by atoms with van der Waals surface area (Å²) in [5.74, 6) is 0. The SMILES string of the molecule is CCC(CC)(CO)CNCC(C)(C)S(C)(=O)=O. The largest absolute Gasteiger partial charge is 0.396 e. The first-order valence-electron chi connectivity index (χ1n) is 6.15. The van der Waals surface area contributed by atoms with Crippen molar-refractivity contribution in [2.45, 2.75) is 45.3 Å². The molecule has 104 valence electrons. The summed E-state index contributed by atoms with van der Waals surface area (Å²) < 4.78 is 22.3. The molecule has 0 spiro atoms. The Morgan fingerprint density at radius 3 is 1.88 bits per heavy atom. The first-order valence-corrected chi connectivity index (χ1v) is 8.04. The van der Waals surface area contributed by atoms with Crippen LogP contribution in [0.3, 0.4) is 0 Å². The maximum absolute atomic E-state index is 11.5. The van der Waals surface area contributed by atoms with Crippen molar-refractivity contribution >= 4 is 9.84 Å². The van der Waals surface area contributed by atoms with Gasteiger partial charge in [-0.25, -0.2) is 8.42 Å². The highest BCUT2D eigenvalue weighted by Gasteiger charge is 2.31. The molecule has 0 unspecified atom stereocenters. The van der Waals surface area contributed by atoms with Crippen molar-refractivity contribution in [3.05, 3.63) is 0 Å². The molecular formula is C12H27NO3S. The number of nitrogens with one attached hydrogen (secondary N) is 1. The Bertz CT molecular complexity index is 310. The van der Waals surface area contributed by atoms with E-state index in [2.05, 4.69) is 5.32 Å². The van der Waals surface area contributed by atoms with Gasteiger partial charge in [0, 0.05) is 31.4 Å². The van der Waals surface area contributed by atoms with Crippen LogP contribution in [0.25, 0.3) is 0 Å². The van der Waals surface area contributed by atoms with Gasteiger partial charge in [-0.3, -0.25) is 0 Å². The van der Waals surface area contributed by atoms with Gasteiger partial charge in [-0.05, 0) is 26.7 Å². The fourth-order valence-electron chi connectivity index (χ4n) is 1.54. The Labute approximate surface area is 106 Å². The van der Waals surface area contributed by atoms with Gasteiger partial charge in [0.2, 0.25) is 0 Å². The second kappa shape index (κ2) is 6.16. The van der Waals surface area contributed by atoms with Crippen LogP contribution in [-0.2, 0) is 9.84 Å². The Hall–Kier alpha value is -0.130. The van der Waals surface area contributed by atoms with E-state index in [9.17, 15) is 13.5 Å². The van der Waals surface area contributed by atoms with Gasteiger partial charge >= 0.3 is 0 Å². The number of aliphatic hydroxyl groups excluding tert-OH is 1. The number of aliphatic hydroxyl groups is 1. The minimum Gasteiger partial charge on any atom is -0.396 e. The molecule has 5 heteroatoms. The maximum Gasteiger partial charge on any atom is 0.153 e. The molecule has 0 saturated heterocycles. The van der Waals surface area contributed by atoms with Gasteiger partial charge < -0.3 is 10.4 Å². The van der Waals surface area contributed by atoms with Crippen molar-refractivity contribution in [1.82, 2.24) is 5.32 Å². The van der Waals surface area contributed by atoms with Gasteiger partial charge in [0.15, 0.2) is 9.84 Å². The van der Waals surface area contributed by atoms with E-state index >= 15 is 0 Å². The highest BCUT2D eigenvalue weighted by Crippen LogP contribution is 2.24. The zero-order chi connectivity index (χ0) is 13.7. The topological polar surface area (TPSA) is 66.4 Å². The molecule has 0 aromatic carbocycles. The Balaban J connectivity index is 4.42. The molecule has 0 radical (unpaired) electrons. The summed E-state index contributed by atoms with van der Waals surface area (Å²) in [5, 5.41) is 12.6. The lowest BCUT2D eigenvalue weighted by Crippen LogP contribution is -2.46. The van der Waals surface area contributed by atoms with E-state index < -0.39 is 14.6 Å². The summed E-state index contributed by atoms with van der Waals surface area (Å²) in [6.45, 7) is 8.71. The predicted octanol–water partition coefficient (Wildman–Crippen LogP) is 1.20. The summed E-state index contributed by atoms with van der Waals surface area (Å²) >= 11 is 0. The van der Waals surface area contributed by atoms with Crippen molar-refractivity contribution in [2.75, 3.05) is 26.0 Å². The lowest BCUT2D eigenvalue weighted by atomic mass is 9.83. The number of sulfone groups is 1. The Morgan fingerprint density at radius 2 is 1.59 bits per heavy atom. The molecule has 17 heavy (non-hydrogen) atoms. The van der Waals surface area contributed by atoms with E-state index in [0.29, 0.717) is 13.1 Å². The third-order valence-electron chi connectivity index (χ3n) is 3.89. The van der Waals surface area contributed by atoms with Crippen molar-refractivity contribution in [2.24, 2.45) is 5.41 Å². The van der Waals surface area contributed by atoms with Crippen LogP contribution in [0, 0.1) is 5.41 Å². The summed E-state index contributed by atoms with van der Waals surface area (Å²) in [6.07, 6.45) is 3.02. The number of rotatable bonds is 8. The van der Waals surface area contributed by atoms with E-state index in [4.69, 9.17) is 0 Å². The first-order chi connectivity index (χ1) is 7.64. The van der Waals surface area contributed by atoms with Gasteiger partial charge in [0.25, 0.3) is 0 Å².